The fourth-order valence-electron chi connectivity index (χ4n) is 2.47. The summed E-state index contributed by atoms with van der Waals surface area (Å²) < 4.78 is 0. The first-order chi connectivity index (χ1) is 8.17. The lowest BCUT2D eigenvalue weighted by Gasteiger charge is -2.32. The standard InChI is InChI=1S/C16H27N/c1-4-6-11-16(5-2,13-17)12-15-10-8-7-9-14(15)3/h7-10H,4-6,11-13,17H2,1-3H3. The molecule has 1 rings (SSSR count). The highest BCUT2D eigenvalue weighted by Crippen LogP contribution is 2.32. The van der Waals surface area contributed by atoms with Crippen LogP contribution < -0.4 is 5.73 Å². The quantitative estimate of drug-likeness (QED) is 0.754. The number of hydrogen-bond donors (Lipinski definition) is 1. The normalized spacial score (nSPS) is 14.6. The first-order valence-electron chi connectivity index (χ1n) is 6.92. The van der Waals surface area contributed by atoms with E-state index < -0.39 is 0 Å². The van der Waals surface area contributed by atoms with Crippen molar-refractivity contribution in [1.29, 1.82) is 0 Å². The van der Waals surface area contributed by atoms with E-state index in [-0.39, 0.29) is 0 Å². The molecule has 1 aromatic rings. The molecule has 0 saturated carbocycles. The largest absolute Gasteiger partial charge is 0.330 e. The van der Waals surface area contributed by atoms with Gasteiger partial charge in [-0.25, -0.2) is 0 Å². The Morgan fingerprint density at radius 2 is 1.88 bits per heavy atom. The fraction of sp³-hybridized carbons (Fsp3) is 0.625. The number of unbranched alkanes of at least 4 members (excludes halogenated alkanes) is 1. The first-order valence-corrected chi connectivity index (χ1v) is 6.92. The number of hydrogen-bond acceptors (Lipinski definition) is 1. The average Bonchev–Trinajstić information content (AvgIpc) is 2.37. The van der Waals surface area contributed by atoms with Gasteiger partial charge in [0.15, 0.2) is 0 Å². The molecular formula is C16H27N. The topological polar surface area (TPSA) is 26.0 Å². The zero-order valence-electron chi connectivity index (χ0n) is 11.6. The number of rotatable bonds is 7. The van der Waals surface area contributed by atoms with Gasteiger partial charge in [0.1, 0.15) is 0 Å². The third-order valence-electron chi connectivity index (χ3n) is 4.07. The van der Waals surface area contributed by atoms with Crippen molar-refractivity contribution in [2.45, 2.75) is 52.9 Å². The molecule has 0 fully saturated rings. The van der Waals surface area contributed by atoms with Gasteiger partial charge in [0.25, 0.3) is 0 Å². The van der Waals surface area contributed by atoms with E-state index in [2.05, 4.69) is 45.0 Å². The highest BCUT2D eigenvalue weighted by atomic mass is 14.6. The minimum absolute atomic E-state index is 0.308. The van der Waals surface area contributed by atoms with Crippen LogP contribution in [0.1, 0.15) is 50.7 Å². The Hall–Kier alpha value is -0.820. The second-order valence-electron chi connectivity index (χ2n) is 5.26. The molecular weight excluding hydrogens is 206 g/mol. The zero-order chi connectivity index (χ0) is 12.7. The molecule has 1 aromatic carbocycles. The molecule has 1 unspecified atom stereocenters. The molecule has 0 aromatic heterocycles. The summed E-state index contributed by atoms with van der Waals surface area (Å²) in [7, 11) is 0. The lowest BCUT2D eigenvalue weighted by molar-refractivity contribution is 0.251. The van der Waals surface area contributed by atoms with Gasteiger partial charge in [-0.05, 0) is 49.3 Å². The molecule has 0 aliphatic rings. The van der Waals surface area contributed by atoms with E-state index in [0.717, 1.165) is 13.0 Å². The van der Waals surface area contributed by atoms with Crippen LogP contribution in [0.15, 0.2) is 24.3 Å². The maximum atomic E-state index is 6.06. The van der Waals surface area contributed by atoms with Crippen molar-refractivity contribution < 1.29 is 0 Å². The van der Waals surface area contributed by atoms with Crippen LogP contribution in [0.25, 0.3) is 0 Å². The predicted molar refractivity (Wildman–Crippen MR) is 76.2 cm³/mol. The van der Waals surface area contributed by atoms with E-state index >= 15 is 0 Å². The van der Waals surface area contributed by atoms with E-state index in [4.69, 9.17) is 5.73 Å². The van der Waals surface area contributed by atoms with Crippen LogP contribution in [0.2, 0.25) is 0 Å². The summed E-state index contributed by atoms with van der Waals surface area (Å²) in [5.74, 6) is 0. The van der Waals surface area contributed by atoms with Crippen LogP contribution in [0, 0.1) is 12.3 Å². The number of benzene rings is 1. The van der Waals surface area contributed by atoms with Gasteiger partial charge in [0.05, 0.1) is 0 Å². The van der Waals surface area contributed by atoms with Gasteiger partial charge in [-0.15, -0.1) is 0 Å². The van der Waals surface area contributed by atoms with Crippen LogP contribution in [-0.4, -0.2) is 6.54 Å². The SMILES string of the molecule is CCCCC(CC)(CN)Cc1ccccc1C. The number of aryl methyl sites for hydroxylation is 1. The summed E-state index contributed by atoms with van der Waals surface area (Å²) in [6, 6.07) is 8.70. The Morgan fingerprint density at radius 3 is 2.41 bits per heavy atom. The molecule has 1 nitrogen and oxygen atoms in total. The summed E-state index contributed by atoms with van der Waals surface area (Å²) in [6.07, 6.45) is 6.11. The van der Waals surface area contributed by atoms with E-state index in [9.17, 15) is 0 Å². The lowest BCUT2D eigenvalue weighted by Crippen LogP contribution is -2.32. The van der Waals surface area contributed by atoms with Crippen molar-refractivity contribution in [2.24, 2.45) is 11.1 Å². The summed E-state index contributed by atoms with van der Waals surface area (Å²) in [5, 5.41) is 0. The molecule has 0 aliphatic carbocycles. The monoisotopic (exact) mass is 233 g/mol. The third kappa shape index (κ3) is 3.85. The molecule has 0 saturated heterocycles. The summed E-state index contributed by atoms with van der Waals surface area (Å²) in [6.45, 7) is 7.54. The van der Waals surface area contributed by atoms with Gasteiger partial charge in [-0.3, -0.25) is 0 Å². The molecule has 0 heterocycles. The van der Waals surface area contributed by atoms with Crippen LogP contribution in [0.5, 0.6) is 0 Å². The van der Waals surface area contributed by atoms with Crippen molar-refractivity contribution in [2.75, 3.05) is 6.54 Å². The molecule has 96 valence electrons. The van der Waals surface area contributed by atoms with Gasteiger partial charge < -0.3 is 5.73 Å². The lowest BCUT2D eigenvalue weighted by atomic mass is 9.75. The minimum atomic E-state index is 0.308. The fourth-order valence-corrected chi connectivity index (χ4v) is 2.47. The van der Waals surface area contributed by atoms with E-state index in [1.165, 1.54) is 36.8 Å². The van der Waals surface area contributed by atoms with Gasteiger partial charge in [0.2, 0.25) is 0 Å². The Labute approximate surface area is 106 Å². The highest BCUT2D eigenvalue weighted by molar-refractivity contribution is 5.26. The van der Waals surface area contributed by atoms with Crippen molar-refractivity contribution >= 4 is 0 Å². The maximum Gasteiger partial charge on any atom is -0.00174 e. The second-order valence-corrected chi connectivity index (χ2v) is 5.26. The Bertz CT molecular complexity index is 326. The van der Waals surface area contributed by atoms with Crippen LogP contribution in [0.4, 0.5) is 0 Å². The van der Waals surface area contributed by atoms with E-state index in [1.807, 2.05) is 0 Å². The van der Waals surface area contributed by atoms with Crippen molar-refractivity contribution in [3.63, 3.8) is 0 Å². The Kier molecular flexibility index (Phi) is 5.70. The molecule has 0 aliphatic heterocycles. The summed E-state index contributed by atoms with van der Waals surface area (Å²) in [4.78, 5) is 0. The first kappa shape index (κ1) is 14.2. The number of nitrogens with two attached hydrogens (primary N) is 1. The van der Waals surface area contributed by atoms with Crippen LogP contribution in [0.3, 0.4) is 0 Å². The van der Waals surface area contributed by atoms with Gasteiger partial charge in [0, 0.05) is 0 Å². The summed E-state index contributed by atoms with van der Waals surface area (Å²) >= 11 is 0. The smallest absolute Gasteiger partial charge is 0.00174 e. The van der Waals surface area contributed by atoms with Crippen LogP contribution in [-0.2, 0) is 6.42 Å². The zero-order valence-corrected chi connectivity index (χ0v) is 11.6. The van der Waals surface area contributed by atoms with Crippen molar-refractivity contribution in [1.82, 2.24) is 0 Å². The molecule has 0 amide bonds. The van der Waals surface area contributed by atoms with Crippen LogP contribution >= 0.6 is 0 Å². The second kappa shape index (κ2) is 6.80. The highest BCUT2D eigenvalue weighted by Gasteiger charge is 2.26. The molecule has 17 heavy (non-hydrogen) atoms. The molecule has 0 radical (unpaired) electrons. The average molecular weight is 233 g/mol. The summed E-state index contributed by atoms with van der Waals surface area (Å²) in [5.41, 5.74) is 9.23. The van der Waals surface area contributed by atoms with Gasteiger partial charge in [-0.1, -0.05) is 51.0 Å². The molecule has 1 heteroatoms. The molecule has 0 bridgehead atoms. The minimum Gasteiger partial charge on any atom is -0.330 e. The molecule has 1 atom stereocenters. The van der Waals surface area contributed by atoms with Gasteiger partial charge in [-0.2, -0.15) is 0 Å². The van der Waals surface area contributed by atoms with E-state index in [1.54, 1.807) is 0 Å². The Balaban J connectivity index is 2.82. The van der Waals surface area contributed by atoms with Crippen molar-refractivity contribution in [3.8, 4) is 0 Å². The molecule has 2 N–H and O–H groups in total. The van der Waals surface area contributed by atoms with Gasteiger partial charge >= 0.3 is 0 Å². The third-order valence-corrected chi connectivity index (χ3v) is 4.07. The Morgan fingerprint density at radius 1 is 1.18 bits per heavy atom. The predicted octanol–water partition coefficient (Wildman–Crippen LogP) is 4.08. The maximum absolute atomic E-state index is 6.06. The molecule has 0 spiro atoms. The van der Waals surface area contributed by atoms with Crippen molar-refractivity contribution in [3.05, 3.63) is 35.4 Å². The van der Waals surface area contributed by atoms with E-state index in [0.29, 0.717) is 5.41 Å².